The van der Waals surface area contributed by atoms with E-state index in [0.717, 1.165) is 11.1 Å². The Labute approximate surface area is 135 Å². The predicted molar refractivity (Wildman–Crippen MR) is 81.4 cm³/mol. The van der Waals surface area contributed by atoms with E-state index in [-0.39, 0.29) is 13.2 Å². The molecule has 6 nitrogen and oxygen atoms in total. The number of rotatable bonds is 4. The van der Waals surface area contributed by atoms with Crippen LogP contribution in [0.15, 0.2) is 42.5 Å². The number of aliphatic hydroxyl groups is 2. The topological polar surface area (TPSA) is 77.4 Å². The van der Waals surface area contributed by atoms with Gasteiger partial charge in [-0.1, -0.05) is 42.5 Å². The summed E-state index contributed by atoms with van der Waals surface area (Å²) in [6.07, 6.45) is -4.99. The molecule has 23 heavy (non-hydrogen) atoms. The predicted octanol–water partition coefficient (Wildman–Crippen LogP) is 1.14. The first kappa shape index (κ1) is 16.6. The van der Waals surface area contributed by atoms with Gasteiger partial charge in [-0.15, -0.1) is 0 Å². The van der Waals surface area contributed by atoms with E-state index in [1.165, 1.54) is 0 Å². The normalized spacial score (nSPS) is 37.2. The Hall–Kier alpha value is -1.28. The van der Waals surface area contributed by atoms with Gasteiger partial charge in [0.05, 0.1) is 13.2 Å². The van der Waals surface area contributed by atoms with Crippen LogP contribution in [0, 0.1) is 0 Å². The number of fused-ring (bicyclic) bond motifs is 1. The minimum atomic E-state index is -1.19. The average molecular weight is 322 g/mol. The van der Waals surface area contributed by atoms with Crippen LogP contribution in [0.2, 0.25) is 0 Å². The Kier molecular flexibility index (Phi) is 5.11. The van der Waals surface area contributed by atoms with E-state index < -0.39 is 37.0 Å². The highest BCUT2D eigenvalue weighted by Gasteiger charge is 2.49. The summed E-state index contributed by atoms with van der Waals surface area (Å²) in [4.78, 5) is 0. The van der Waals surface area contributed by atoms with E-state index >= 15 is 0 Å². The fourth-order valence-corrected chi connectivity index (χ4v) is 2.72. The lowest BCUT2D eigenvalue weighted by molar-refractivity contribution is -0.360. The third-order valence-corrected chi connectivity index (χ3v) is 3.90. The van der Waals surface area contributed by atoms with Gasteiger partial charge in [-0.05, 0) is 6.92 Å². The van der Waals surface area contributed by atoms with E-state index in [2.05, 4.69) is 6.58 Å². The second kappa shape index (κ2) is 7.09. The molecule has 0 spiro atoms. The van der Waals surface area contributed by atoms with Gasteiger partial charge >= 0.3 is 0 Å². The highest BCUT2D eigenvalue weighted by Crippen LogP contribution is 2.34. The first-order chi connectivity index (χ1) is 11.1. The first-order valence-corrected chi connectivity index (χ1v) is 7.66. The molecule has 3 rings (SSSR count). The van der Waals surface area contributed by atoms with Gasteiger partial charge in [-0.2, -0.15) is 0 Å². The largest absolute Gasteiger partial charge is 0.387 e. The summed E-state index contributed by atoms with van der Waals surface area (Å²) in [7, 11) is 0. The van der Waals surface area contributed by atoms with Crippen molar-refractivity contribution in [2.45, 2.75) is 43.9 Å². The molecular formula is C17H22O6. The molecule has 0 aliphatic carbocycles. The zero-order chi connectivity index (χ0) is 16.4. The number of aliphatic hydroxyl groups excluding tert-OH is 2. The van der Waals surface area contributed by atoms with E-state index in [1.54, 1.807) is 0 Å². The zero-order valence-electron chi connectivity index (χ0n) is 13.0. The molecule has 1 aromatic carbocycles. The second-order valence-corrected chi connectivity index (χ2v) is 5.97. The lowest BCUT2D eigenvalue weighted by Crippen LogP contribution is -2.62. The summed E-state index contributed by atoms with van der Waals surface area (Å²) in [5, 5.41) is 20.6. The van der Waals surface area contributed by atoms with Crippen LogP contribution in [0.5, 0.6) is 0 Å². The summed E-state index contributed by atoms with van der Waals surface area (Å²) in [5.74, 6) is 0. The molecule has 1 aromatic rings. The van der Waals surface area contributed by atoms with Gasteiger partial charge in [0.1, 0.15) is 24.4 Å². The number of ether oxygens (including phenoxy) is 4. The summed E-state index contributed by atoms with van der Waals surface area (Å²) in [5.41, 5.74) is 1.66. The fourth-order valence-electron chi connectivity index (χ4n) is 2.72. The van der Waals surface area contributed by atoms with Gasteiger partial charge in [0.2, 0.25) is 0 Å². The summed E-state index contributed by atoms with van der Waals surface area (Å²) >= 11 is 0. The average Bonchev–Trinajstić information content (AvgIpc) is 2.57. The van der Waals surface area contributed by atoms with Gasteiger partial charge < -0.3 is 29.2 Å². The quantitative estimate of drug-likeness (QED) is 0.810. The zero-order valence-corrected chi connectivity index (χ0v) is 13.0. The smallest absolute Gasteiger partial charge is 0.187 e. The van der Waals surface area contributed by atoms with Crippen LogP contribution in [0.4, 0.5) is 0 Å². The van der Waals surface area contributed by atoms with E-state index in [1.807, 2.05) is 37.3 Å². The van der Waals surface area contributed by atoms with Crippen molar-refractivity contribution < 1.29 is 29.2 Å². The Morgan fingerprint density at radius 2 is 1.96 bits per heavy atom. The van der Waals surface area contributed by atoms with E-state index in [4.69, 9.17) is 18.9 Å². The first-order valence-electron chi connectivity index (χ1n) is 7.66. The molecule has 126 valence electrons. The van der Waals surface area contributed by atoms with E-state index in [0.29, 0.717) is 0 Å². The molecule has 0 aromatic heterocycles. The summed E-state index contributed by atoms with van der Waals surface area (Å²) in [6.45, 7) is 6.05. The van der Waals surface area contributed by atoms with Gasteiger partial charge in [0, 0.05) is 5.56 Å². The molecule has 2 N–H and O–H groups in total. The Bertz CT molecular complexity index is 531. The molecule has 6 heteroatoms. The minimum Gasteiger partial charge on any atom is -0.387 e. The van der Waals surface area contributed by atoms with Crippen LogP contribution >= 0.6 is 0 Å². The lowest BCUT2D eigenvalue weighted by Gasteiger charge is -2.46. The molecule has 0 radical (unpaired) electrons. The maximum atomic E-state index is 10.4. The molecule has 0 unspecified atom stereocenters. The molecule has 2 heterocycles. The van der Waals surface area contributed by atoms with Crippen LogP contribution in [-0.2, 0) is 18.9 Å². The van der Waals surface area contributed by atoms with Crippen LogP contribution in [0.25, 0.3) is 0 Å². The maximum absolute atomic E-state index is 10.4. The third-order valence-electron chi connectivity index (χ3n) is 3.90. The highest BCUT2D eigenvalue weighted by molar-refractivity contribution is 5.16. The van der Waals surface area contributed by atoms with Gasteiger partial charge in [0.15, 0.2) is 12.6 Å². The maximum Gasteiger partial charge on any atom is 0.187 e. The molecule has 2 saturated heterocycles. The van der Waals surface area contributed by atoms with Crippen molar-refractivity contribution in [3.05, 3.63) is 48.0 Å². The monoisotopic (exact) mass is 322 g/mol. The van der Waals surface area contributed by atoms with E-state index in [9.17, 15) is 10.2 Å². The van der Waals surface area contributed by atoms with Gasteiger partial charge in [0.25, 0.3) is 0 Å². The summed E-state index contributed by atoms with van der Waals surface area (Å²) in [6, 6.07) is 9.45. The van der Waals surface area contributed by atoms with Gasteiger partial charge in [-0.25, -0.2) is 0 Å². The standard InChI is InChI=1S/C17H22O6/c1-10(2)8-20-17-14(19)13(18)15-12(22-17)9-21-16(23-15)11-6-4-3-5-7-11/h3-7,12-19H,1,8-9H2,2H3/t12-,13-,14-,15+,16+,17-/m1/s1. The SMILES string of the molecule is C=C(C)CO[C@@H]1O[C@@H]2CO[C@H](c3ccccc3)O[C@@H]2[C@H](O)[C@H]1O. The second-order valence-electron chi connectivity index (χ2n) is 5.97. The molecule has 6 atom stereocenters. The Balaban J connectivity index is 1.67. The van der Waals surface area contributed by atoms with Crippen molar-refractivity contribution in [1.82, 2.24) is 0 Å². The van der Waals surface area contributed by atoms with Crippen LogP contribution in [0.3, 0.4) is 0 Å². The molecule has 0 bridgehead atoms. The van der Waals surface area contributed by atoms with Crippen LogP contribution < -0.4 is 0 Å². The molecule has 0 saturated carbocycles. The Morgan fingerprint density at radius 3 is 2.65 bits per heavy atom. The fraction of sp³-hybridized carbons (Fsp3) is 0.529. The molecule has 0 amide bonds. The van der Waals surface area contributed by atoms with Crippen molar-refractivity contribution in [2.24, 2.45) is 0 Å². The number of benzene rings is 1. The van der Waals surface area contributed by atoms with Crippen molar-refractivity contribution >= 4 is 0 Å². The Morgan fingerprint density at radius 1 is 1.22 bits per heavy atom. The van der Waals surface area contributed by atoms with Gasteiger partial charge in [-0.3, -0.25) is 0 Å². The van der Waals surface area contributed by atoms with Crippen molar-refractivity contribution in [2.75, 3.05) is 13.2 Å². The molecule has 2 aliphatic rings. The number of hydrogen-bond donors (Lipinski definition) is 2. The summed E-state index contributed by atoms with van der Waals surface area (Å²) < 4.78 is 22.6. The van der Waals surface area contributed by atoms with Crippen LogP contribution in [0.1, 0.15) is 18.8 Å². The molecular weight excluding hydrogens is 300 g/mol. The highest BCUT2D eigenvalue weighted by atomic mass is 16.8. The number of hydrogen-bond acceptors (Lipinski definition) is 6. The van der Waals surface area contributed by atoms with Crippen molar-refractivity contribution in [1.29, 1.82) is 0 Å². The van der Waals surface area contributed by atoms with Crippen LogP contribution in [-0.4, -0.2) is 54.1 Å². The van der Waals surface area contributed by atoms with Crippen molar-refractivity contribution in [3.8, 4) is 0 Å². The van der Waals surface area contributed by atoms with Crippen molar-refractivity contribution in [3.63, 3.8) is 0 Å². The lowest BCUT2D eigenvalue weighted by atomic mass is 9.98. The molecule has 2 fully saturated rings. The molecule has 2 aliphatic heterocycles. The minimum absolute atomic E-state index is 0.250. The third kappa shape index (κ3) is 3.63.